The highest BCUT2D eigenvalue weighted by molar-refractivity contribution is 9.10. The van der Waals surface area contributed by atoms with Crippen molar-refractivity contribution in [2.24, 2.45) is 0 Å². The predicted octanol–water partition coefficient (Wildman–Crippen LogP) is 3.75. The Morgan fingerprint density at radius 2 is 1.70 bits per heavy atom. The Morgan fingerprint density at radius 1 is 1.07 bits per heavy atom. The Bertz CT molecular complexity index is 861. The molecule has 0 atom stereocenters. The van der Waals surface area contributed by atoms with Crippen molar-refractivity contribution in [1.82, 2.24) is 9.62 Å². The van der Waals surface area contributed by atoms with Crippen LogP contribution in [0.15, 0.2) is 57.9 Å². The molecule has 1 aliphatic rings. The molecule has 0 radical (unpaired) electrons. The quantitative estimate of drug-likeness (QED) is 0.619. The second kappa shape index (κ2) is 8.31. The predicted molar refractivity (Wildman–Crippen MR) is 110 cm³/mol. The normalized spacial score (nSPS) is 16.1. The first-order valence-electron chi connectivity index (χ1n) is 9.00. The molecule has 7 heteroatoms. The standard InChI is InChI=1S/C20H25BrN2O3S/c1-23(2)27(24,25)19-10-8-18(9-11-19)26-15-14-22-20(12-3-13-20)16-4-6-17(21)7-5-16/h4-11,22H,3,12-15H2,1-2H3. The first-order chi connectivity index (χ1) is 12.8. The topological polar surface area (TPSA) is 58.6 Å². The van der Waals surface area contributed by atoms with Crippen LogP contribution < -0.4 is 10.1 Å². The van der Waals surface area contributed by atoms with Crippen molar-refractivity contribution < 1.29 is 13.2 Å². The number of nitrogens with zero attached hydrogens (tertiary/aromatic N) is 1. The van der Waals surface area contributed by atoms with Crippen LogP contribution in [0.1, 0.15) is 24.8 Å². The fourth-order valence-corrected chi connectivity index (χ4v) is 4.41. The Morgan fingerprint density at radius 3 is 2.22 bits per heavy atom. The maximum atomic E-state index is 12.1. The number of halogens is 1. The van der Waals surface area contributed by atoms with Crippen LogP contribution in [0.25, 0.3) is 0 Å². The van der Waals surface area contributed by atoms with Crippen molar-refractivity contribution in [3.63, 3.8) is 0 Å². The molecule has 0 unspecified atom stereocenters. The highest BCUT2D eigenvalue weighted by atomic mass is 79.9. The average molecular weight is 453 g/mol. The van der Waals surface area contributed by atoms with Gasteiger partial charge in [0.05, 0.1) is 4.90 Å². The lowest BCUT2D eigenvalue weighted by Gasteiger charge is -2.43. The van der Waals surface area contributed by atoms with Gasteiger partial charge in [-0.15, -0.1) is 0 Å². The summed E-state index contributed by atoms with van der Waals surface area (Å²) in [4.78, 5) is 0.265. The lowest BCUT2D eigenvalue weighted by molar-refractivity contribution is 0.171. The van der Waals surface area contributed by atoms with Crippen LogP contribution in [0.3, 0.4) is 0 Å². The fraction of sp³-hybridized carbons (Fsp3) is 0.400. The van der Waals surface area contributed by atoms with E-state index in [4.69, 9.17) is 4.74 Å². The zero-order valence-corrected chi connectivity index (χ0v) is 18.0. The van der Waals surface area contributed by atoms with Gasteiger partial charge in [0.2, 0.25) is 10.0 Å². The van der Waals surface area contributed by atoms with Gasteiger partial charge in [-0.05, 0) is 61.2 Å². The van der Waals surface area contributed by atoms with E-state index >= 15 is 0 Å². The minimum Gasteiger partial charge on any atom is -0.492 e. The zero-order chi connectivity index (χ0) is 19.5. The van der Waals surface area contributed by atoms with E-state index in [1.807, 2.05) is 0 Å². The number of benzene rings is 2. The molecule has 0 heterocycles. The number of rotatable bonds is 8. The monoisotopic (exact) mass is 452 g/mol. The van der Waals surface area contributed by atoms with Crippen molar-refractivity contribution >= 4 is 26.0 Å². The van der Waals surface area contributed by atoms with E-state index in [-0.39, 0.29) is 10.4 Å². The average Bonchev–Trinajstić information content (AvgIpc) is 2.62. The molecule has 1 fully saturated rings. The third-order valence-electron chi connectivity index (χ3n) is 5.04. The molecule has 2 aromatic rings. The smallest absolute Gasteiger partial charge is 0.242 e. The highest BCUT2D eigenvalue weighted by Crippen LogP contribution is 2.41. The van der Waals surface area contributed by atoms with Gasteiger partial charge in [-0.2, -0.15) is 0 Å². The first kappa shape index (κ1) is 20.3. The van der Waals surface area contributed by atoms with E-state index < -0.39 is 10.0 Å². The van der Waals surface area contributed by atoms with Gasteiger partial charge in [0.1, 0.15) is 12.4 Å². The lowest BCUT2D eigenvalue weighted by Crippen LogP contribution is -2.49. The summed E-state index contributed by atoms with van der Waals surface area (Å²) in [6.45, 7) is 1.26. The molecule has 0 spiro atoms. The first-order valence-corrected chi connectivity index (χ1v) is 11.2. The molecular weight excluding hydrogens is 428 g/mol. The number of ether oxygens (including phenoxy) is 1. The molecule has 2 aromatic carbocycles. The molecule has 1 N–H and O–H groups in total. The summed E-state index contributed by atoms with van der Waals surface area (Å²) in [5.41, 5.74) is 1.36. The third kappa shape index (κ3) is 4.54. The van der Waals surface area contributed by atoms with Gasteiger partial charge in [0.15, 0.2) is 0 Å². The van der Waals surface area contributed by atoms with Gasteiger partial charge in [-0.25, -0.2) is 12.7 Å². The number of sulfonamides is 1. The zero-order valence-electron chi connectivity index (χ0n) is 15.6. The Labute approximate surface area is 169 Å². The van der Waals surface area contributed by atoms with E-state index in [9.17, 15) is 8.42 Å². The molecule has 0 bridgehead atoms. The minimum absolute atomic E-state index is 0.0493. The van der Waals surface area contributed by atoms with Gasteiger partial charge < -0.3 is 10.1 Å². The van der Waals surface area contributed by atoms with Gasteiger partial charge in [0, 0.05) is 30.7 Å². The van der Waals surface area contributed by atoms with Crippen molar-refractivity contribution in [2.75, 3.05) is 27.2 Å². The third-order valence-corrected chi connectivity index (χ3v) is 7.40. The lowest BCUT2D eigenvalue weighted by atomic mass is 9.72. The molecule has 146 valence electrons. The molecule has 1 aliphatic carbocycles. The molecule has 0 aromatic heterocycles. The van der Waals surface area contributed by atoms with Gasteiger partial charge in [0.25, 0.3) is 0 Å². The molecule has 27 heavy (non-hydrogen) atoms. The van der Waals surface area contributed by atoms with Crippen LogP contribution in [-0.2, 0) is 15.6 Å². The fourth-order valence-electron chi connectivity index (χ4n) is 3.24. The van der Waals surface area contributed by atoms with Crippen molar-refractivity contribution in [3.05, 3.63) is 58.6 Å². The molecular formula is C20H25BrN2O3S. The van der Waals surface area contributed by atoms with Crippen LogP contribution in [0.4, 0.5) is 0 Å². The Kier molecular flexibility index (Phi) is 6.25. The van der Waals surface area contributed by atoms with Crippen molar-refractivity contribution in [3.8, 4) is 5.75 Å². The molecule has 0 amide bonds. The van der Waals surface area contributed by atoms with Gasteiger partial charge in [-0.3, -0.25) is 0 Å². The SMILES string of the molecule is CN(C)S(=O)(=O)c1ccc(OCCNC2(c3ccc(Br)cc3)CCC2)cc1. The van der Waals surface area contributed by atoms with Crippen molar-refractivity contribution in [2.45, 2.75) is 29.7 Å². The molecule has 3 rings (SSSR count). The molecule has 1 saturated carbocycles. The van der Waals surface area contributed by atoms with Crippen LogP contribution >= 0.6 is 15.9 Å². The summed E-state index contributed by atoms with van der Waals surface area (Å²) >= 11 is 3.49. The van der Waals surface area contributed by atoms with Crippen LogP contribution in [0.2, 0.25) is 0 Å². The number of hydrogen-bond acceptors (Lipinski definition) is 4. The second-order valence-corrected chi connectivity index (χ2v) is 10.0. The summed E-state index contributed by atoms with van der Waals surface area (Å²) in [6, 6.07) is 15.0. The maximum absolute atomic E-state index is 12.1. The summed E-state index contributed by atoms with van der Waals surface area (Å²) < 4.78 is 32.2. The number of hydrogen-bond donors (Lipinski definition) is 1. The summed E-state index contributed by atoms with van der Waals surface area (Å²) in [5, 5.41) is 3.65. The summed E-state index contributed by atoms with van der Waals surface area (Å²) in [6.07, 6.45) is 3.49. The van der Waals surface area contributed by atoms with Crippen LogP contribution in [0, 0.1) is 0 Å². The Balaban J connectivity index is 1.53. The van der Waals surface area contributed by atoms with E-state index in [0.29, 0.717) is 12.4 Å². The molecule has 0 saturated heterocycles. The second-order valence-electron chi connectivity index (χ2n) is 6.98. The van der Waals surface area contributed by atoms with Crippen LogP contribution in [-0.4, -0.2) is 40.0 Å². The number of nitrogens with one attached hydrogen (secondary N) is 1. The molecule has 5 nitrogen and oxygen atoms in total. The summed E-state index contributed by atoms with van der Waals surface area (Å²) in [7, 11) is -0.364. The van der Waals surface area contributed by atoms with E-state index in [1.54, 1.807) is 24.3 Å². The van der Waals surface area contributed by atoms with Crippen LogP contribution in [0.5, 0.6) is 5.75 Å². The van der Waals surface area contributed by atoms with Gasteiger partial charge in [-0.1, -0.05) is 28.1 Å². The van der Waals surface area contributed by atoms with Gasteiger partial charge >= 0.3 is 0 Å². The van der Waals surface area contributed by atoms with Crippen molar-refractivity contribution in [1.29, 1.82) is 0 Å². The Hall–Kier alpha value is -1.41. The van der Waals surface area contributed by atoms with E-state index in [0.717, 1.165) is 23.9 Å². The van der Waals surface area contributed by atoms with E-state index in [1.165, 1.54) is 30.4 Å². The van der Waals surface area contributed by atoms with E-state index in [2.05, 4.69) is 45.5 Å². The largest absolute Gasteiger partial charge is 0.492 e. The maximum Gasteiger partial charge on any atom is 0.242 e. The highest BCUT2D eigenvalue weighted by Gasteiger charge is 2.37. The summed E-state index contributed by atoms with van der Waals surface area (Å²) in [5.74, 6) is 0.667. The molecule has 0 aliphatic heterocycles. The minimum atomic E-state index is -3.41.